The first-order valence-electron chi connectivity index (χ1n) is 6.53. The van der Waals surface area contributed by atoms with Crippen molar-refractivity contribution in [2.24, 2.45) is 0 Å². The van der Waals surface area contributed by atoms with Crippen molar-refractivity contribution in [2.45, 2.75) is 58.5 Å². The van der Waals surface area contributed by atoms with Crippen molar-refractivity contribution < 1.29 is 17.3 Å². The summed E-state index contributed by atoms with van der Waals surface area (Å²) in [6.07, 6.45) is 13.5. The Bertz CT molecular complexity index is 194. The summed E-state index contributed by atoms with van der Waals surface area (Å²) in [6, 6.07) is 0. The number of rotatable bonds is 7. The van der Waals surface area contributed by atoms with Crippen molar-refractivity contribution in [2.75, 3.05) is 13.6 Å². The van der Waals surface area contributed by atoms with Gasteiger partial charge in [0.1, 0.15) is 6.20 Å². The third kappa shape index (κ3) is 5.22. The largest absolute Gasteiger partial charge is 1.00 e. The molecule has 3 heteroatoms. The number of hydrogen-bond donors (Lipinski definition) is 1. The van der Waals surface area contributed by atoms with Gasteiger partial charge in [-0.3, -0.25) is 4.90 Å². The Balaban J connectivity index is 0.00000225. The van der Waals surface area contributed by atoms with Gasteiger partial charge in [0, 0.05) is 13.5 Å². The molecule has 2 atom stereocenters. The van der Waals surface area contributed by atoms with E-state index >= 15 is 0 Å². The molecule has 1 heterocycles. The van der Waals surface area contributed by atoms with Gasteiger partial charge < -0.3 is 17.3 Å². The maximum Gasteiger partial charge on any atom is 0.164 e. The van der Waals surface area contributed by atoms with E-state index in [1.54, 1.807) is 0 Å². The zero-order valence-corrected chi connectivity index (χ0v) is 11.8. The third-order valence-corrected chi connectivity index (χ3v) is 3.46. The van der Waals surface area contributed by atoms with Crippen molar-refractivity contribution in [1.29, 1.82) is 0 Å². The molecule has 0 bridgehead atoms. The summed E-state index contributed by atoms with van der Waals surface area (Å²) >= 11 is 0. The monoisotopic (exact) mass is 246 g/mol. The van der Waals surface area contributed by atoms with Crippen LogP contribution in [0.4, 0.5) is 0 Å². The van der Waals surface area contributed by atoms with E-state index in [-0.39, 0.29) is 12.4 Å². The summed E-state index contributed by atoms with van der Waals surface area (Å²) in [5.41, 5.74) is 0. The second-order valence-electron chi connectivity index (χ2n) is 4.74. The molecule has 2 unspecified atom stereocenters. The fourth-order valence-corrected chi connectivity index (χ4v) is 2.09. The summed E-state index contributed by atoms with van der Waals surface area (Å²) in [6.45, 7) is 5.81. The molecule has 0 radical (unpaired) electrons. The second kappa shape index (κ2) is 8.89. The SMILES string of the molecule is CCCCCCCCN1C=C[NH+](C)C1C.[Cl-]. The Morgan fingerprint density at radius 2 is 1.75 bits per heavy atom. The fourth-order valence-electron chi connectivity index (χ4n) is 2.09. The van der Waals surface area contributed by atoms with Crippen LogP contribution in [0.1, 0.15) is 52.4 Å². The van der Waals surface area contributed by atoms with E-state index in [0.29, 0.717) is 6.17 Å². The minimum Gasteiger partial charge on any atom is -1.00 e. The Morgan fingerprint density at radius 1 is 1.12 bits per heavy atom. The quantitative estimate of drug-likeness (QED) is 0.567. The first kappa shape index (κ1) is 15.8. The van der Waals surface area contributed by atoms with E-state index in [1.807, 2.05) is 0 Å². The minimum atomic E-state index is 0. The van der Waals surface area contributed by atoms with E-state index in [9.17, 15) is 0 Å². The molecule has 16 heavy (non-hydrogen) atoms. The van der Waals surface area contributed by atoms with Crippen molar-refractivity contribution in [1.82, 2.24) is 4.90 Å². The number of halogens is 1. The van der Waals surface area contributed by atoms with Gasteiger partial charge in [-0.05, 0) is 6.42 Å². The zero-order chi connectivity index (χ0) is 11.1. The minimum absolute atomic E-state index is 0. The molecule has 0 aromatic heterocycles. The molecule has 2 nitrogen and oxygen atoms in total. The number of unbranched alkanes of at least 4 members (excludes halogenated alkanes) is 5. The summed E-state index contributed by atoms with van der Waals surface area (Å²) in [7, 11) is 2.22. The van der Waals surface area contributed by atoms with Crippen LogP contribution in [0.25, 0.3) is 0 Å². The number of nitrogens with zero attached hydrogens (tertiary/aromatic N) is 1. The van der Waals surface area contributed by atoms with E-state index in [4.69, 9.17) is 0 Å². The molecule has 0 aromatic carbocycles. The van der Waals surface area contributed by atoms with Crippen LogP contribution in [0, 0.1) is 0 Å². The predicted molar refractivity (Wildman–Crippen MR) is 65.6 cm³/mol. The highest BCUT2D eigenvalue weighted by Crippen LogP contribution is 2.07. The standard InChI is InChI=1S/C13H26N2.ClH/c1-4-5-6-7-8-9-10-15-12-11-14(3)13(15)2;/h11-13H,4-10H2,1-3H3;1H. The van der Waals surface area contributed by atoms with Crippen LogP contribution in [0.5, 0.6) is 0 Å². The Labute approximate surface area is 107 Å². The molecule has 0 saturated heterocycles. The molecule has 0 amide bonds. The molecule has 0 fully saturated rings. The molecule has 96 valence electrons. The molecule has 1 aliphatic rings. The highest BCUT2D eigenvalue weighted by molar-refractivity contribution is 4.81. The van der Waals surface area contributed by atoms with Crippen LogP contribution >= 0.6 is 0 Å². The van der Waals surface area contributed by atoms with Crippen LogP contribution in [0.3, 0.4) is 0 Å². The van der Waals surface area contributed by atoms with Crippen molar-refractivity contribution in [3.05, 3.63) is 12.4 Å². The lowest BCUT2D eigenvalue weighted by atomic mass is 10.1. The van der Waals surface area contributed by atoms with Crippen molar-refractivity contribution in [3.63, 3.8) is 0 Å². The summed E-state index contributed by atoms with van der Waals surface area (Å²) in [5, 5.41) is 0. The molecular weight excluding hydrogens is 220 g/mol. The van der Waals surface area contributed by atoms with E-state index < -0.39 is 0 Å². The maximum atomic E-state index is 2.47. The van der Waals surface area contributed by atoms with Crippen LogP contribution in [-0.2, 0) is 0 Å². The lowest BCUT2D eigenvalue weighted by molar-refractivity contribution is -0.854. The predicted octanol–water partition coefficient (Wildman–Crippen LogP) is -1.00. The van der Waals surface area contributed by atoms with Gasteiger partial charge in [0.2, 0.25) is 0 Å². The number of hydrogen-bond acceptors (Lipinski definition) is 1. The summed E-state index contributed by atoms with van der Waals surface area (Å²) in [4.78, 5) is 3.97. The van der Waals surface area contributed by atoms with Crippen LogP contribution in [0.2, 0.25) is 0 Å². The molecule has 1 N–H and O–H groups in total. The normalized spacial score (nSPS) is 23.6. The Hall–Kier alpha value is -0.210. The van der Waals surface area contributed by atoms with Gasteiger partial charge in [-0.25, -0.2) is 0 Å². The average Bonchev–Trinajstić information content (AvgIpc) is 2.54. The molecule has 1 rings (SSSR count). The van der Waals surface area contributed by atoms with E-state index in [0.717, 1.165) is 0 Å². The first-order valence-corrected chi connectivity index (χ1v) is 6.53. The van der Waals surface area contributed by atoms with Crippen molar-refractivity contribution in [3.8, 4) is 0 Å². The van der Waals surface area contributed by atoms with Crippen LogP contribution in [-0.4, -0.2) is 24.7 Å². The van der Waals surface area contributed by atoms with Crippen LogP contribution in [0.15, 0.2) is 12.4 Å². The molecule has 0 spiro atoms. The Kier molecular flexibility index (Phi) is 8.77. The van der Waals surface area contributed by atoms with Gasteiger partial charge in [-0.2, -0.15) is 0 Å². The smallest absolute Gasteiger partial charge is 0.164 e. The molecular formula is C13H27ClN2. The Morgan fingerprint density at radius 3 is 2.31 bits per heavy atom. The molecule has 0 aromatic rings. The topological polar surface area (TPSA) is 7.68 Å². The summed E-state index contributed by atoms with van der Waals surface area (Å²) in [5.74, 6) is 0. The van der Waals surface area contributed by atoms with Gasteiger partial charge in [-0.15, -0.1) is 0 Å². The number of quaternary nitrogens is 1. The van der Waals surface area contributed by atoms with Gasteiger partial charge in [-0.1, -0.05) is 39.0 Å². The van der Waals surface area contributed by atoms with Crippen molar-refractivity contribution >= 4 is 0 Å². The van der Waals surface area contributed by atoms with Gasteiger partial charge >= 0.3 is 0 Å². The molecule has 1 aliphatic heterocycles. The first-order chi connectivity index (χ1) is 7.25. The van der Waals surface area contributed by atoms with Gasteiger partial charge in [0.05, 0.1) is 13.2 Å². The molecule has 0 saturated carbocycles. The fraction of sp³-hybridized carbons (Fsp3) is 0.846. The highest BCUT2D eigenvalue weighted by atomic mass is 35.5. The summed E-state index contributed by atoms with van der Waals surface area (Å²) < 4.78 is 0. The van der Waals surface area contributed by atoms with Gasteiger partial charge in [0.15, 0.2) is 6.17 Å². The van der Waals surface area contributed by atoms with Crippen LogP contribution < -0.4 is 17.3 Å². The van der Waals surface area contributed by atoms with Gasteiger partial charge in [0.25, 0.3) is 0 Å². The lowest BCUT2D eigenvalue weighted by Gasteiger charge is -2.22. The average molecular weight is 247 g/mol. The number of nitrogens with one attached hydrogen (secondary N) is 1. The van der Waals surface area contributed by atoms with E-state index in [2.05, 4.69) is 38.2 Å². The zero-order valence-electron chi connectivity index (χ0n) is 11.0. The second-order valence-corrected chi connectivity index (χ2v) is 4.74. The highest BCUT2D eigenvalue weighted by Gasteiger charge is 2.22. The lowest BCUT2D eigenvalue weighted by Crippen LogP contribution is -3.08. The third-order valence-electron chi connectivity index (χ3n) is 3.46. The van der Waals surface area contributed by atoms with E-state index in [1.165, 1.54) is 50.0 Å². The molecule has 0 aliphatic carbocycles. The maximum absolute atomic E-state index is 2.47.